The highest BCUT2D eigenvalue weighted by Gasteiger charge is 2.16. The van der Waals surface area contributed by atoms with Gasteiger partial charge < -0.3 is 5.32 Å². The summed E-state index contributed by atoms with van der Waals surface area (Å²) in [4.78, 5) is 0. The van der Waals surface area contributed by atoms with Crippen molar-refractivity contribution in [1.29, 1.82) is 0 Å². The van der Waals surface area contributed by atoms with Gasteiger partial charge in [0.15, 0.2) is 0 Å². The summed E-state index contributed by atoms with van der Waals surface area (Å²) in [5.74, 6) is 0.903. The molecule has 0 saturated heterocycles. The van der Waals surface area contributed by atoms with Crippen molar-refractivity contribution in [3.8, 4) is 0 Å². The fourth-order valence-corrected chi connectivity index (χ4v) is 2.22. The van der Waals surface area contributed by atoms with Crippen LogP contribution in [0.4, 0.5) is 0 Å². The number of hydrogen-bond acceptors (Lipinski definition) is 1. The maximum absolute atomic E-state index is 3.47. The predicted octanol–water partition coefficient (Wildman–Crippen LogP) is 3.59. The highest BCUT2D eigenvalue weighted by atomic mass is 14.9. The van der Waals surface area contributed by atoms with Crippen LogP contribution in [0, 0.1) is 5.92 Å². The van der Waals surface area contributed by atoms with E-state index in [1.165, 1.54) is 38.5 Å². The molecule has 0 rings (SSSR count). The minimum atomic E-state index is 0.755. The first-order valence-corrected chi connectivity index (χ1v) is 5.97. The van der Waals surface area contributed by atoms with Crippen molar-refractivity contribution in [1.82, 2.24) is 5.32 Å². The van der Waals surface area contributed by atoms with Crippen LogP contribution in [0.2, 0.25) is 0 Å². The second-order valence-corrected chi connectivity index (χ2v) is 4.02. The molecular formula is C12H27N. The van der Waals surface area contributed by atoms with Crippen molar-refractivity contribution in [3.05, 3.63) is 0 Å². The van der Waals surface area contributed by atoms with Crippen molar-refractivity contribution in [3.63, 3.8) is 0 Å². The fourth-order valence-electron chi connectivity index (χ4n) is 2.22. The molecule has 0 heterocycles. The molecule has 0 spiro atoms. The summed E-state index contributed by atoms with van der Waals surface area (Å²) in [5, 5.41) is 3.47. The molecule has 1 unspecified atom stereocenters. The number of hydrogen-bond donors (Lipinski definition) is 1. The first-order chi connectivity index (χ1) is 6.29. The molecule has 0 aliphatic carbocycles. The lowest BCUT2D eigenvalue weighted by Crippen LogP contribution is -2.33. The molecule has 1 nitrogen and oxygen atoms in total. The van der Waals surface area contributed by atoms with Gasteiger partial charge in [0.25, 0.3) is 0 Å². The SMILES string of the molecule is CCCC(CCC)C(CCC)NC. The van der Waals surface area contributed by atoms with Gasteiger partial charge in [-0.25, -0.2) is 0 Å². The Bertz CT molecular complexity index is 95.3. The van der Waals surface area contributed by atoms with Crippen LogP contribution in [0.1, 0.15) is 59.3 Å². The molecule has 0 radical (unpaired) electrons. The van der Waals surface area contributed by atoms with Gasteiger partial charge in [0.1, 0.15) is 0 Å². The highest BCUT2D eigenvalue weighted by Crippen LogP contribution is 2.20. The van der Waals surface area contributed by atoms with Crippen molar-refractivity contribution in [2.45, 2.75) is 65.3 Å². The van der Waals surface area contributed by atoms with Crippen LogP contribution in [0.3, 0.4) is 0 Å². The van der Waals surface area contributed by atoms with Crippen LogP contribution in [-0.2, 0) is 0 Å². The Labute approximate surface area is 84.3 Å². The molecule has 1 heteroatoms. The molecule has 13 heavy (non-hydrogen) atoms. The van der Waals surface area contributed by atoms with Crippen molar-refractivity contribution in [2.24, 2.45) is 5.92 Å². The van der Waals surface area contributed by atoms with Crippen LogP contribution in [0.15, 0.2) is 0 Å². The molecule has 0 fully saturated rings. The zero-order chi connectivity index (χ0) is 10.1. The lowest BCUT2D eigenvalue weighted by atomic mass is 9.88. The molecule has 1 N–H and O–H groups in total. The van der Waals surface area contributed by atoms with E-state index in [9.17, 15) is 0 Å². The molecule has 0 aliphatic heterocycles. The Kier molecular flexibility index (Phi) is 8.53. The Morgan fingerprint density at radius 2 is 1.31 bits per heavy atom. The third kappa shape index (κ3) is 5.30. The smallest absolute Gasteiger partial charge is 0.00922 e. The number of nitrogens with one attached hydrogen (secondary N) is 1. The normalized spacial score (nSPS) is 13.6. The first kappa shape index (κ1) is 13.0. The third-order valence-electron chi connectivity index (χ3n) is 2.86. The lowest BCUT2D eigenvalue weighted by molar-refractivity contribution is 0.308. The minimum Gasteiger partial charge on any atom is -0.317 e. The Morgan fingerprint density at radius 3 is 1.62 bits per heavy atom. The molecule has 1 atom stereocenters. The second kappa shape index (κ2) is 8.55. The van der Waals surface area contributed by atoms with Gasteiger partial charge in [0.2, 0.25) is 0 Å². The van der Waals surface area contributed by atoms with Gasteiger partial charge in [-0.2, -0.15) is 0 Å². The zero-order valence-corrected chi connectivity index (χ0v) is 9.90. The van der Waals surface area contributed by atoms with E-state index >= 15 is 0 Å². The summed E-state index contributed by atoms with van der Waals surface area (Å²) < 4.78 is 0. The summed E-state index contributed by atoms with van der Waals surface area (Å²) >= 11 is 0. The van der Waals surface area contributed by atoms with E-state index in [1.807, 2.05) is 0 Å². The van der Waals surface area contributed by atoms with Gasteiger partial charge in [-0.3, -0.25) is 0 Å². The molecule has 0 saturated carbocycles. The minimum absolute atomic E-state index is 0.755. The van der Waals surface area contributed by atoms with E-state index in [2.05, 4.69) is 33.1 Å². The zero-order valence-electron chi connectivity index (χ0n) is 9.90. The van der Waals surface area contributed by atoms with Gasteiger partial charge in [-0.15, -0.1) is 0 Å². The van der Waals surface area contributed by atoms with E-state index in [0.29, 0.717) is 0 Å². The molecule has 0 aromatic heterocycles. The highest BCUT2D eigenvalue weighted by molar-refractivity contribution is 4.74. The third-order valence-corrected chi connectivity index (χ3v) is 2.86. The summed E-state index contributed by atoms with van der Waals surface area (Å²) in [6.07, 6.45) is 8.06. The Morgan fingerprint density at radius 1 is 0.846 bits per heavy atom. The topological polar surface area (TPSA) is 12.0 Å². The summed E-state index contributed by atoms with van der Waals surface area (Å²) in [5.41, 5.74) is 0. The van der Waals surface area contributed by atoms with E-state index in [0.717, 1.165) is 12.0 Å². The van der Waals surface area contributed by atoms with E-state index in [4.69, 9.17) is 0 Å². The Balaban J connectivity index is 3.94. The number of rotatable bonds is 8. The van der Waals surface area contributed by atoms with Crippen LogP contribution < -0.4 is 5.32 Å². The largest absolute Gasteiger partial charge is 0.317 e. The molecular weight excluding hydrogens is 158 g/mol. The van der Waals surface area contributed by atoms with E-state index in [1.54, 1.807) is 0 Å². The molecule has 0 bridgehead atoms. The monoisotopic (exact) mass is 185 g/mol. The van der Waals surface area contributed by atoms with Crippen molar-refractivity contribution < 1.29 is 0 Å². The molecule has 80 valence electrons. The molecule has 0 aromatic carbocycles. The fraction of sp³-hybridized carbons (Fsp3) is 1.00. The van der Waals surface area contributed by atoms with Crippen molar-refractivity contribution >= 4 is 0 Å². The van der Waals surface area contributed by atoms with Gasteiger partial charge >= 0.3 is 0 Å². The second-order valence-electron chi connectivity index (χ2n) is 4.02. The first-order valence-electron chi connectivity index (χ1n) is 5.97. The van der Waals surface area contributed by atoms with E-state index in [-0.39, 0.29) is 0 Å². The lowest BCUT2D eigenvalue weighted by Gasteiger charge is -2.26. The van der Waals surface area contributed by atoms with E-state index < -0.39 is 0 Å². The Hall–Kier alpha value is -0.0400. The molecule has 0 aromatic rings. The van der Waals surface area contributed by atoms with Crippen LogP contribution >= 0.6 is 0 Å². The van der Waals surface area contributed by atoms with Gasteiger partial charge in [0.05, 0.1) is 0 Å². The maximum Gasteiger partial charge on any atom is 0.00922 e. The van der Waals surface area contributed by atoms with Crippen LogP contribution in [0.5, 0.6) is 0 Å². The summed E-state index contributed by atoms with van der Waals surface area (Å²) in [6.45, 7) is 6.86. The standard InChI is InChI=1S/C12H27N/c1-5-8-11(9-6-2)12(13-4)10-7-3/h11-13H,5-10H2,1-4H3. The van der Waals surface area contributed by atoms with Gasteiger partial charge in [0, 0.05) is 6.04 Å². The maximum atomic E-state index is 3.47. The van der Waals surface area contributed by atoms with Crippen molar-refractivity contribution in [2.75, 3.05) is 7.05 Å². The quantitative estimate of drug-likeness (QED) is 0.609. The average Bonchev–Trinajstić information content (AvgIpc) is 2.14. The average molecular weight is 185 g/mol. The predicted molar refractivity (Wildman–Crippen MR) is 61.1 cm³/mol. The van der Waals surface area contributed by atoms with Gasteiger partial charge in [-0.05, 0) is 32.2 Å². The molecule has 0 aliphatic rings. The van der Waals surface area contributed by atoms with Gasteiger partial charge in [-0.1, -0.05) is 40.0 Å². The summed E-state index contributed by atoms with van der Waals surface area (Å²) in [7, 11) is 2.11. The van der Waals surface area contributed by atoms with Crippen LogP contribution in [-0.4, -0.2) is 13.1 Å². The summed E-state index contributed by atoms with van der Waals surface area (Å²) in [6, 6.07) is 0.755. The van der Waals surface area contributed by atoms with Crippen LogP contribution in [0.25, 0.3) is 0 Å². The molecule has 0 amide bonds.